The Labute approximate surface area is 183 Å². The standard InChI is InChI=1S/C24H40FNO3Si/c1-8-16(9-2)22(23(27)28)26-14-19(17-11-10-12-18(25)13-17)21(24(3,4)5)20(26)15-29-30(6)7/h10-13,16,19-22,30H,8-9,14-15H2,1-7H3,(H,27,28)/t19-,20?,21+,22?/m1/s1. The van der Waals surface area contributed by atoms with Crippen molar-refractivity contribution in [2.75, 3.05) is 13.2 Å². The van der Waals surface area contributed by atoms with Crippen LogP contribution in [-0.2, 0) is 9.22 Å². The van der Waals surface area contributed by atoms with Gasteiger partial charge in [0.25, 0.3) is 0 Å². The molecule has 170 valence electrons. The summed E-state index contributed by atoms with van der Waals surface area (Å²) in [5.41, 5.74) is 0.882. The molecule has 0 aromatic heterocycles. The molecule has 0 aliphatic carbocycles. The zero-order valence-electron chi connectivity index (χ0n) is 19.7. The minimum absolute atomic E-state index is 0.00475. The minimum Gasteiger partial charge on any atom is -0.480 e. The van der Waals surface area contributed by atoms with Gasteiger partial charge in [-0.2, -0.15) is 0 Å². The fourth-order valence-electron chi connectivity index (χ4n) is 5.34. The third-order valence-corrected chi connectivity index (χ3v) is 7.52. The number of rotatable bonds is 9. The summed E-state index contributed by atoms with van der Waals surface area (Å²) < 4.78 is 20.3. The summed E-state index contributed by atoms with van der Waals surface area (Å²) in [4.78, 5) is 14.6. The Kier molecular flexibility index (Phi) is 8.66. The molecule has 0 spiro atoms. The third kappa shape index (κ3) is 5.71. The summed E-state index contributed by atoms with van der Waals surface area (Å²) in [6.07, 6.45) is 1.64. The van der Waals surface area contributed by atoms with Crippen LogP contribution in [0.25, 0.3) is 0 Å². The molecule has 6 heteroatoms. The van der Waals surface area contributed by atoms with E-state index >= 15 is 0 Å². The first-order chi connectivity index (χ1) is 14.0. The van der Waals surface area contributed by atoms with E-state index in [0.717, 1.165) is 18.4 Å². The molecule has 1 fully saturated rings. The zero-order chi connectivity index (χ0) is 22.6. The Hall–Kier alpha value is -1.24. The highest BCUT2D eigenvalue weighted by atomic mass is 28.3. The second-order valence-electron chi connectivity index (χ2n) is 10.1. The molecule has 4 atom stereocenters. The summed E-state index contributed by atoms with van der Waals surface area (Å²) in [5.74, 6) is -0.686. The van der Waals surface area contributed by atoms with E-state index in [1.54, 1.807) is 12.1 Å². The Morgan fingerprint density at radius 3 is 2.40 bits per heavy atom. The average molecular weight is 438 g/mol. The van der Waals surface area contributed by atoms with Crippen molar-refractivity contribution in [2.24, 2.45) is 17.3 Å². The van der Waals surface area contributed by atoms with Crippen molar-refractivity contribution >= 4 is 15.0 Å². The Balaban J connectivity index is 2.56. The lowest BCUT2D eigenvalue weighted by Gasteiger charge is -2.40. The maximum absolute atomic E-state index is 14.1. The normalized spacial score (nSPS) is 24.0. The number of nitrogens with zero attached hydrogens (tertiary/aromatic N) is 1. The van der Waals surface area contributed by atoms with Crippen molar-refractivity contribution in [2.45, 2.75) is 78.6 Å². The van der Waals surface area contributed by atoms with Crippen molar-refractivity contribution < 1.29 is 18.7 Å². The van der Waals surface area contributed by atoms with Crippen molar-refractivity contribution in [3.8, 4) is 0 Å². The number of carbonyl (C=O) groups is 1. The number of hydrogen-bond acceptors (Lipinski definition) is 3. The molecular weight excluding hydrogens is 397 g/mol. The van der Waals surface area contributed by atoms with Crippen LogP contribution in [0.2, 0.25) is 13.1 Å². The second-order valence-corrected chi connectivity index (χ2v) is 12.5. The van der Waals surface area contributed by atoms with Gasteiger partial charge in [-0.05, 0) is 48.0 Å². The van der Waals surface area contributed by atoms with Crippen LogP contribution in [-0.4, -0.2) is 50.3 Å². The number of likely N-dealkylation sites (tertiary alicyclic amines) is 1. The van der Waals surface area contributed by atoms with Gasteiger partial charge in [0.2, 0.25) is 0 Å². The number of benzene rings is 1. The zero-order valence-corrected chi connectivity index (χ0v) is 20.8. The lowest BCUT2D eigenvalue weighted by Crippen LogP contribution is -2.52. The van der Waals surface area contributed by atoms with Gasteiger partial charge >= 0.3 is 5.97 Å². The van der Waals surface area contributed by atoms with Crippen molar-refractivity contribution in [3.05, 3.63) is 35.6 Å². The molecule has 1 heterocycles. The molecule has 1 aliphatic heterocycles. The molecule has 1 aliphatic rings. The summed E-state index contributed by atoms with van der Waals surface area (Å²) in [6.45, 7) is 16.2. The number of carboxylic acid groups (broad SMARTS) is 1. The molecule has 1 aromatic carbocycles. The largest absolute Gasteiger partial charge is 0.480 e. The topological polar surface area (TPSA) is 49.8 Å². The molecule has 0 amide bonds. The van der Waals surface area contributed by atoms with Crippen molar-refractivity contribution in [1.29, 1.82) is 0 Å². The van der Waals surface area contributed by atoms with Crippen LogP contribution in [0.5, 0.6) is 0 Å². The molecule has 1 N–H and O–H groups in total. The highest BCUT2D eigenvalue weighted by Gasteiger charge is 2.52. The molecule has 1 saturated heterocycles. The summed E-state index contributed by atoms with van der Waals surface area (Å²) in [6, 6.07) is 6.28. The van der Waals surface area contributed by atoms with Gasteiger partial charge in [0.15, 0.2) is 9.04 Å². The number of aliphatic carboxylic acids is 1. The van der Waals surface area contributed by atoms with Crippen LogP contribution < -0.4 is 0 Å². The summed E-state index contributed by atoms with van der Waals surface area (Å²) in [5, 5.41) is 10.2. The monoisotopic (exact) mass is 437 g/mol. The minimum atomic E-state index is -1.27. The molecule has 1 aromatic rings. The van der Waals surface area contributed by atoms with E-state index in [4.69, 9.17) is 4.43 Å². The Bertz CT molecular complexity index is 702. The average Bonchev–Trinajstić information content (AvgIpc) is 3.03. The number of carboxylic acids is 1. The number of halogens is 1. The maximum atomic E-state index is 14.1. The van der Waals surface area contributed by atoms with Gasteiger partial charge in [0.1, 0.15) is 11.9 Å². The highest BCUT2D eigenvalue weighted by molar-refractivity contribution is 6.48. The first-order valence-electron chi connectivity index (χ1n) is 11.4. The van der Waals surface area contributed by atoms with Gasteiger partial charge in [-0.3, -0.25) is 9.69 Å². The van der Waals surface area contributed by atoms with E-state index in [1.807, 2.05) is 6.07 Å². The summed E-state index contributed by atoms with van der Waals surface area (Å²) in [7, 11) is -1.27. The van der Waals surface area contributed by atoms with E-state index in [2.05, 4.69) is 52.6 Å². The highest BCUT2D eigenvalue weighted by Crippen LogP contribution is 2.48. The summed E-state index contributed by atoms with van der Waals surface area (Å²) >= 11 is 0. The van der Waals surface area contributed by atoms with Crippen molar-refractivity contribution in [1.82, 2.24) is 4.90 Å². The van der Waals surface area contributed by atoms with Crippen LogP contribution in [0.4, 0.5) is 4.39 Å². The molecule has 0 bridgehead atoms. The molecule has 0 radical (unpaired) electrons. The Morgan fingerprint density at radius 2 is 1.93 bits per heavy atom. The first-order valence-corrected chi connectivity index (χ1v) is 14.1. The van der Waals surface area contributed by atoms with E-state index in [9.17, 15) is 14.3 Å². The number of hydrogen-bond donors (Lipinski definition) is 1. The lowest BCUT2D eigenvalue weighted by atomic mass is 9.69. The van der Waals surface area contributed by atoms with Crippen LogP contribution in [0.15, 0.2) is 24.3 Å². The van der Waals surface area contributed by atoms with Crippen molar-refractivity contribution in [3.63, 3.8) is 0 Å². The molecule has 0 saturated carbocycles. The first kappa shape index (κ1) is 25.0. The third-order valence-electron chi connectivity index (χ3n) is 6.66. The quantitative estimate of drug-likeness (QED) is 0.543. The maximum Gasteiger partial charge on any atom is 0.321 e. The molecule has 4 nitrogen and oxygen atoms in total. The Morgan fingerprint density at radius 1 is 1.30 bits per heavy atom. The van der Waals surface area contributed by atoms with Crippen LogP contribution in [0, 0.1) is 23.1 Å². The SMILES string of the molecule is CCC(CC)C(C(=O)O)N1C[C@H](c2cccc(F)c2)[C@H](C(C)(C)C)C1CO[SiH](C)C. The van der Waals surface area contributed by atoms with Gasteiger partial charge in [0.05, 0.1) is 0 Å². The fraction of sp³-hybridized carbons (Fsp3) is 0.708. The van der Waals surface area contributed by atoms with Crippen LogP contribution in [0.3, 0.4) is 0 Å². The fourth-order valence-corrected chi connectivity index (χ4v) is 5.92. The van der Waals surface area contributed by atoms with E-state index < -0.39 is 21.1 Å². The van der Waals surface area contributed by atoms with Gasteiger partial charge in [-0.25, -0.2) is 4.39 Å². The van der Waals surface area contributed by atoms with E-state index in [0.29, 0.717) is 13.2 Å². The molecular formula is C24H40FNO3Si. The smallest absolute Gasteiger partial charge is 0.321 e. The van der Waals surface area contributed by atoms with Gasteiger partial charge in [-0.15, -0.1) is 0 Å². The van der Waals surface area contributed by atoms with Gasteiger partial charge in [-0.1, -0.05) is 59.6 Å². The predicted octanol–water partition coefficient (Wildman–Crippen LogP) is 5.15. The van der Waals surface area contributed by atoms with E-state index in [1.165, 1.54) is 6.07 Å². The molecule has 2 rings (SSSR count). The second kappa shape index (κ2) is 10.4. The predicted molar refractivity (Wildman–Crippen MR) is 123 cm³/mol. The molecule has 2 unspecified atom stereocenters. The van der Waals surface area contributed by atoms with Crippen LogP contribution in [0.1, 0.15) is 58.9 Å². The van der Waals surface area contributed by atoms with E-state index in [-0.39, 0.29) is 35.0 Å². The van der Waals surface area contributed by atoms with Gasteiger partial charge < -0.3 is 9.53 Å². The van der Waals surface area contributed by atoms with Gasteiger partial charge in [0, 0.05) is 25.1 Å². The molecule has 30 heavy (non-hydrogen) atoms. The lowest BCUT2D eigenvalue weighted by molar-refractivity contribution is -0.147. The van der Waals surface area contributed by atoms with Crippen LogP contribution >= 0.6 is 0 Å².